The molecule has 0 spiro atoms. The Bertz CT molecular complexity index is 632. The molecule has 0 fully saturated rings. The lowest BCUT2D eigenvalue weighted by Gasteiger charge is -2.16. The molecule has 0 aliphatic heterocycles. The van der Waals surface area contributed by atoms with E-state index in [9.17, 15) is 14.4 Å². The Hall–Kier alpha value is -2.97. The van der Waals surface area contributed by atoms with Crippen molar-refractivity contribution < 1.29 is 38.1 Å². The SMILES string of the molecule is CCOC(=O)NC(=O)COC(=O)c1cc(OCC)c(OCC)c(OCC)c1. The number of nitrogens with one attached hydrogen (secondary N) is 1. The van der Waals surface area contributed by atoms with E-state index in [1.54, 1.807) is 20.8 Å². The van der Waals surface area contributed by atoms with Crippen LogP contribution in [-0.4, -0.2) is 51.0 Å². The monoisotopic (exact) mass is 383 g/mol. The van der Waals surface area contributed by atoms with Gasteiger partial charge in [-0.25, -0.2) is 9.59 Å². The molecule has 1 N–H and O–H groups in total. The number of carbonyl (C=O) groups is 3. The lowest BCUT2D eigenvalue weighted by Crippen LogP contribution is -2.34. The number of rotatable bonds is 10. The van der Waals surface area contributed by atoms with Crippen LogP contribution in [0.2, 0.25) is 0 Å². The number of carbonyl (C=O) groups excluding carboxylic acids is 3. The third-order valence-electron chi connectivity index (χ3n) is 3.00. The lowest BCUT2D eigenvalue weighted by molar-refractivity contribution is -0.123. The van der Waals surface area contributed by atoms with Crippen molar-refractivity contribution in [2.75, 3.05) is 33.0 Å². The fraction of sp³-hybridized carbons (Fsp3) is 0.500. The highest BCUT2D eigenvalue weighted by Crippen LogP contribution is 2.39. The smallest absolute Gasteiger partial charge is 0.413 e. The van der Waals surface area contributed by atoms with E-state index >= 15 is 0 Å². The van der Waals surface area contributed by atoms with Crippen molar-refractivity contribution in [2.45, 2.75) is 27.7 Å². The summed E-state index contributed by atoms with van der Waals surface area (Å²) in [5.74, 6) is -0.541. The topological polar surface area (TPSA) is 109 Å². The minimum Gasteiger partial charge on any atom is -0.490 e. The molecule has 0 radical (unpaired) electrons. The molecule has 0 aliphatic carbocycles. The van der Waals surface area contributed by atoms with Crippen LogP contribution in [0.3, 0.4) is 0 Å². The van der Waals surface area contributed by atoms with Gasteiger partial charge in [-0.05, 0) is 39.8 Å². The van der Waals surface area contributed by atoms with Gasteiger partial charge in [0.15, 0.2) is 18.1 Å². The van der Waals surface area contributed by atoms with Crippen molar-refractivity contribution in [1.29, 1.82) is 0 Å². The molecule has 0 unspecified atom stereocenters. The summed E-state index contributed by atoms with van der Waals surface area (Å²) in [6.07, 6.45) is -0.906. The first-order valence-electron chi connectivity index (χ1n) is 8.66. The van der Waals surface area contributed by atoms with E-state index < -0.39 is 24.6 Å². The van der Waals surface area contributed by atoms with Crippen LogP contribution in [0.15, 0.2) is 12.1 Å². The van der Waals surface area contributed by atoms with Crippen LogP contribution >= 0.6 is 0 Å². The zero-order valence-electron chi connectivity index (χ0n) is 16.0. The number of hydrogen-bond donors (Lipinski definition) is 1. The Morgan fingerprint density at radius 1 is 0.815 bits per heavy atom. The second-order valence-corrected chi connectivity index (χ2v) is 4.95. The number of benzene rings is 1. The van der Waals surface area contributed by atoms with Crippen LogP contribution in [0.4, 0.5) is 4.79 Å². The summed E-state index contributed by atoms with van der Waals surface area (Å²) in [6, 6.07) is 2.89. The Labute approximate surface area is 157 Å². The summed E-state index contributed by atoms with van der Waals surface area (Å²) in [7, 11) is 0. The summed E-state index contributed by atoms with van der Waals surface area (Å²) in [5, 5.41) is 1.93. The molecule has 27 heavy (non-hydrogen) atoms. The maximum atomic E-state index is 12.3. The van der Waals surface area contributed by atoms with Crippen molar-refractivity contribution in [1.82, 2.24) is 5.32 Å². The molecule has 0 saturated heterocycles. The third-order valence-corrected chi connectivity index (χ3v) is 3.00. The van der Waals surface area contributed by atoms with Crippen LogP contribution < -0.4 is 19.5 Å². The predicted molar refractivity (Wildman–Crippen MR) is 95.4 cm³/mol. The molecular formula is C18H25NO8. The fourth-order valence-electron chi connectivity index (χ4n) is 2.04. The van der Waals surface area contributed by atoms with Gasteiger partial charge in [0.1, 0.15) is 0 Å². The van der Waals surface area contributed by atoms with Crippen molar-refractivity contribution >= 4 is 18.0 Å². The van der Waals surface area contributed by atoms with Gasteiger partial charge in [0.05, 0.1) is 32.0 Å². The van der Waals surface area contributed by atoms with Crippen LogP contribution in [0.25, 0.3) is 0 Å². The van der Waals surface area contributed by atoms with Crippen LogP contribution in [0, 0.1) is 0 Å². The minimum absolute atomic E-state index is 0.117. The first-order valence-corrected chi connectivity index (χ1v) is 8.66. The van der Waals surface area contributed by atoms with Crippen molar-refractivity contribution in [3.8, 4) is 17.2 Å². The maximum Gasteiger partial charge on any atom is 0.413 e. The molecule has 150 valence electrons. The number of ether oxygens (including phenoxy) is 5. The Morgan fingerprint density at radius 3 is 1.85 bits per heavy atom. The number of amides is 2. The standard InChI is InChI=1S/C18H25NO8/c1-5-23-13-9-12(10-14(24-6-2)16(13)25-7-3)17(21)27-11-15(20)19-18(22)26-8-4/h9-10H,5-8,11H2,1-4H3,(H,19,20,22). The van der Waals surface area contributed by atoms with Crippen molar-refractivity contribution in [3.05, 3.63) is 17.7 Å². The second-order valence-electron chi connectivity index (χ2n) is 4.95. The number of imide groups is 1. The molecule has 0 bridgehead atoms. The maximum absolute atomic E-state index is 12.3. The minimum atomic E-state index is -0.906. The molecule has 0 heterocycles. The molecule has 2 amide bonds. The molecule has 0 aliphatic rings. The summed E-state index contributed by atoms with van der Waals surface area (Å²) in [6.45, 7) is 7.57. The average Bonchev–Trinajstić information content (AvgIpc) is 2.62. The van der Waals surface area contributed by atoms with Gasteiger partial charge in [-0.1, -0.05) is 0 Å². The third kappa shape index (κ3) is 7.04. The molecule has 0 aromatic heterocycles. The average molecular weight is 383 g/mol. The molecule has 1 aromatic rings. The lowest BCUT2D eigenvalue weighted by atomic mass is 10.2. The van der Waals surface area contributed by atoms with E-state index in [0.29, 0.717) is 37.1 Å². The van der Waals surface area contributed by atoms with E-state index in [-0.39, 0.29) is 12.2 Å². The zero-order valence-corrected chi connectivity index (χ0v) is 16.0. The zero-order chi connectivity index (χ0) is 20.2. The number of alkyl carbamates (subject to hydrolysis) is 1. The van der Waals surface area contributed by atoms with E-state index in [2.05, 4.69) is 4.74 Å². The highest BCUT2D eigenvalue weighted by molar-refractivity contribution is 5.96. The van der Waals surface area contributed by atoms with Gasteiger partial charge >= 0.3 is 12.1 Å². The van der Waals surface area contributed by atoms with Gasteiger partial charge in [0.2, 0.25) is 5.75 Å². The quantitative estimate of drug-likeness (QED) is 0.613. The van der Waals surface area contributed by atoms with E-state index in [0.717, 1.165) is 0 Å². The fourth-order valence-corrected chi connectivity index (χ4v) is 2.04. The summed E-state index contributed by atoms with van der Waals surface area (Å²) >= 11 is 0. The molecule has 9 heteroatoms. The van der Waals surface area contributed by atoms with Gasteiger partial charge in [0.25, 0.3) is 5.91 Å². The first-order chi connectivity index (χ1) is 13.0. The van der Waals surface area contributed by atoms with E-state index in [1.807, 2.05) is 12.2 Å². The highest BCUT2D eigenvalue weighted by Gasteiger charge is 2.20. The number of hydrogen-bond acceptors (Lipinski definition) is 8. The summed E-state index contributed by atoms with van der Waals surface area (Å²) in [5.41, 5.74) is 0.120. The van der Waals surface area contributed by atoms with Gasteiger partial charge in [-0.2, -0.15) is 0 Å². The first kappa shape index (κ1) is 22.1. The van der Waals surface area contributed by atoms with Crippen molar-refractivity contribution in [3.63, 3.8) is 0 Å². The van der Waals surface area contributed by atoms with Gasteiger partial charge in [-0.3, -0.25) is 10.1 Å². The molecule has 1 aromatic carbocycles. The normalized spacial score (nSPS) is 9.93. The largest absolute Gasteiger partial charge is 0.490 e. The van der Waals surface area contributed by atoms with E-state index in [4.69, 9.17) is 18.9 Å². The van der Waals surface area contributed by atoms with Crippen LogP contribution in [0.5, 0.6) is 17.2 Å². The molecule has 0 atom stereocenters. The predicted octanol–water partition coefficient (Wildman–Crippen LogP) is 2.31. The van der Waals surface area contributed by atoms with Gasteiger partial charge in [0, 0.05) is 0 Å². The van der Waals surface area contributed by atoms with Gasteiger partial charge in [-0.15, -0.1) is 0 Å². The van der Waals surface area contributed by atoms with Crippen LogP contribution in [0.1, 0.15) is 38.1 Å². The number of esters is 1. The molecule has 0 saturated carbocycles. The Morgan fingerprint density at radius 2 is 1.37 bits per heavy atom. The molecular weight excluding hydrogens is 358 g/mol. The Balaban J connectivity index is 2.92. The molecule has 1 rings (SSSR count). The van der Waals surface area contributed by atoms with Crippen LogP contribution in [-0.2, 0) is 14.3 Å². The highest BCUT2D eigenvalue weighted by atomic mass is 16.6. The Kier molecular flexibility index (Phi) is 9.49. The summed E-state index contributed by atoms with van der Waals surface area (Å²) in [4.78, 5) is 35.0. The van der Waals surface area contributed by atoms with Gasteiger partial charge < -0.3 is 23.7 Å². The van der Waals surface area contributed by atoms with Crippen molar-refractivity contribution in [2.24, 2.45) is 0 Å². The van der Waals surface area contributed by atoms with E-state index in [1.165, 1.54) is 12.1 Å². The molecule has 9 nitrogen and oxygen atoms in total. The second kappa shape index (κ2) is 11.6. The summed E-state index contributed by atoms with van der Waals surface area (Å²) < 4.78 is 26.1.